The van der Waals surface area contributed by atoms with Crippen LogP contribution in [0.3, 0.4) is 0 Å². The highest BCUT2D eigenvalue weighted by atomic mass is 32.1. The number of esters is 1. The lowest BCUT2D eigenvalue weighted by molar-refractivity contribution is -0.153. The maximum atomic E-state index is 12.7. The molecule has 2 heterocycles. The van der Waals surface area contributed by atoms with Crippen LogP contribution in [0.1, 0.15) is 43.5 Å². The molecule has 4 rings (SSSR count). The van der Waals surface area contributed by atoms with E-state index in [2.05, 4.69) is 16.4 Å². The molecular weight excluding hydrogens is 336 g/mol. The third kappa shape index (κ3) is 3.27. The molecule has 25 heavy (non-hydrogen) atoms. The average molecular weight is 358 g/mol. The molecule has 1 aromatic carbocycles. The van der Waals surface area contributed by atoms with Gasteiger partial charge in [-0.1, -0.05) is 18.6 Å². The van der Waals surface area contributed by atoms with Gasteiger partial charge in [-0.2, -0.15) is 0 Å². The van der Waals surface area contributed by atoms with E-state index in [9.17, 15) is 9.59 Å². The van der Waals surface area contributed by atoms with Gasteiger partial charge in [-0.25, -0.2) is 4.98 Å². The van der Waals surface area contributed by atoms with Crippen molar-refractivity contribution < 1.29 is 14.3 Å². The van der Waals surface area contributed by atoms with Gasteiger partial charge in [0, 0.05) is 13.0 Å². The second kappa shape index (κ2) is 6.75. The summed E-state index contributed by atoms with van der Waals surface area (Å²) in [6.45, 7) is 0.541. The van der Waals surface area contributed by atoms with Gasteiger partial charge >= 0.3 is 5.97 Å². The van der Waals surface area contributed by atoms with Crippen LogP contribution < -0.4 is 5.32 Å². The molecule has 1 aromatic heterocycles. The van der Waals surface area contributed by atoms with Crippen LogP contribution in [-0.4, -0.2) is 29.0 Å². The lowest BCUT2D eigenvalue weighted by Crippen LogP contribution is -2.46. The van der Waals surface area contributed by atoms with Gasteiger partial charge in [0.05, 0.1) is 27.6 Å². The number of carbonyl (C=O) groups is 2. The Balaban J connectivity index is 1.37. The number of carbonyl (C=O) groups excluding carboxylic acids is 2. The second-order valence-corrected chi connectivity index (χ2v) is 8.09. The van der Waals surface area contributed by atoms with Crippen LogP contribution in [-0.2, 0) is 20.7 Å². The van der Waals surface area contributed by atoms with Crippen molar-refractivity contribution in [1.82, 2.24) is 10.3 Å². The Morgan fingerprint density at radius 1 is 1.28 bits per heavy atom. The van der Waals surface area contributed by atoms with Gasteiger partial charge in [-0.3, -0.25) is 9.59 Å². The SMILES string of the molecule is O=C1C[C@H](C(=O)NCCc2nc3ccccc3s2)C2(CCCCC2)O1. The molecule has 6 heteroatoms. The second-order valence-electron chi connectivity index (χ2n) is 6.97. The number of aromatic nitrogens is 1. The molecule has 1 saturated carbocycles. The zero-order chi connectivity index (χ0) is 17.3. The number of nitrogens with zero attached hydrogens (tertiary/aromatic N) is 1. The molecule has 0 unspecified atom stereocenters. The Labute approximate surface area is 150 Å². The third-order valence-electron chi connectivity index (χ3n) is 5.32. The minimum absolute atomic E-state index is 0.0474. The minimum atomic E-state index is -0.546. The van der Waals surface area contributed by atoms with Gasteiger partial charge in [0.1, 0.15) is 5.60 Å². The zero-order valence-corrected chi connectivity index (χ0v) is 14.9. The van der Waals surface area contributed by atoms with Gasteiger partial charge in [0.2, 0.25) is 5.91 Å². The smallest absolute Gasteiger partial charge is 0.307 e. The number of benzene rings is 1. The molecule has 0 bridgehead atoms. The number of nitrogens with one attached hydrogen (secondary N) is 1. The number of fused-ring (bicyclic) bond motifs is 1. The summed E-state index contributed by atoms with van der Waals surface area (Å²) in [5.74, 6) is -0.613. The molecule has 5 nitrogen and oxygen atoms in total. The monoisotopic (exact) mass is 358 g/mol. The van der Waals surface area contributed by atoms with Crippen molar-refractivity contribution in [3.05, 3.63) is 29.3 Å². The van der Waals surface area contributed by atoms with Crippen LogP contribution in [0.2, 0.25) is 0 Å². The van der Waals surface area contributed by atoms with E-state index in [1.165, 1.54) is 4.70 Å². The first-order valence-electron chi connectivity index (χ1n) is 9.00. The Kier molecular flexibility index (Phi) is 4.46. The third-order valence-corrected chi connectivity index (χ3v) is 6.41. The first-order chi connectivity index (χ1) is 12.2. The molecule has 1 saturated heterocycles. The van der Waals surface area contributed by atoms with Crippen LogP contribution in [0.15, 0.2) is 24.3 Å². The fraction of sp³-hybridized carbons (Fsp3) is 0.526. The molecule has 2 aliphatic rings. The van der Waals surface area contributed by atoms with Gasteiger partial charge in [-0.05, 0) is 37.8 Å². The summed E-state index contributed by atoms with van der Waals surface area (Å²) in [6.07, 6.45) is 5.77. The van der Waals surface area contributed by atoms with Crippen LogP contribution in [0, 0.1) is 5.92 Å². The topological polar surface area (TPSA) is 68.3 Å². The van der Waals surface area contributed by atoms with Crippen molar-refractivity contribution in [1.29, 1.82) is 0 Å². The standard InChI is InChI=1S/C19H22N2O3S/c22-17-12-13(19(24-17)9-4-1-5-10-19)18(23)20-11-8-16-21-14-6-2-3-7-15(14)25-16/h2-3,6-7,13H,1,4-5,8-12H2,(H,20,23)/t13-/m1/s1. The average Bonchev–Trinajstić information content (AvgIpc) is 3.16. The normalized spacial score (nSPS) is 22.2. The van der Waals surface area contributed by atoms with E-state index in [-0.39, 0.29) is 24.2 Å². The van der Waals surface area contributed by atoms with E-state index in [1.807, 2.05) is 18.2 Å². The summed E-state index contributed by atoms with van der Waals surface area (Å²) in [5, 5.41) is 4.03. The Hall–Kier alpha value is -1.95. The molecule has 2 fully saturated rings. The summed E-state index contributed by atoms with van der Waals surface area (Å²) >= 11 is 1.66. The van der Waals surface area contributed by atoms with Gasteiger partial charge in [0.25, 0.3) is 0 Å². The molecular formula is C19H22N2O3S. The molecule has 1 atom stereocenters. The number of para-hydroxylation sites is 1. The number of hydrogen-bond donors (Lipinski definition) is 1. The number of rotatable bonds is 4. The fourth-order valence-electron chi connectivity index (χ4n) is 4.07. The lowest BCUT2D eigenvalue weighted by Gasteiger charge is -2.36. The summed E-state index contributed by atoms with van der Waals surface area (Å²) in [4.78, 5) is 29.1. The lowest BCUT2D eigenvalue weighted by atomic mass is 9.75. The highest BCUT2D eigenvalue weighted by molar-refractivity contribution is 7.18. The Morgan fingerprint density at radius 3 is 2.88 bits per heavy atom. The van der Waals surface area contributed by atoms with Crippen molar-refractivity contribution >= 4 is 33.4 Å². The summed E-state index contributed by atoms with van der Waals surface area (Å²) in [6, 6.07) is 8.05. The van der Waals surface area contributed by atoms with E-state index < -0.39 is 5.60 Å². The molecule has 1 N–H and O–H groups in total. The van der Waals surface area contributed by atoms with Gasteiger partial charge < -0.3 is 10.1 Å². The Morgan fingerprint density at radius 2 is 2.08 bits per heavy atom. The predicted octanol–water partition coefficient (Wildman–Crippen LogP) is 3.22. The maximum Gasteiger partial charge on any atom is 0.307 e. The fourth-order valence-corrected chi connectivity index (χ4v) is 5.03. The van der Waals surface area contributed by atoms with Crippen molar-refractivity contribution in [3.8, 4) is 0 Å². The maximum absolute atomic E-state index is 12.7. The van der Waals surface area contributed by atoms with Crippen LogP contribution >= 0.6 is 11.3 Å². The van der Waals surface area contributed by atoms with Crippen LogP contribution in [0.4, 0.5) is 0 Å². The van der Waals surface area contributed by atoms with Crippen molar-refractivity contribution in [3.63, 3.8) is 0 Å². The Bertz CT molecular complexity index is 762. The van der Waals surface area contributed by atoms with Crippen LogP contribution in [0.25, 0.3) is 10.2 Å². The van der Waals surface area contributed by atoms with E-state index in [1.54, 1.807) is 11.3 Å². The first-order valence-corrected chi connectivity index (χ1v) is 9.82. The van der Waals surface area contributed by atoms with E-state index >= 15 is 0 Å². The largest absolute Gasteiger partial charge is 0.458 e. The highest BCUT2D eigenvalue weighted by Crippen LogP contribution is 2.44. The number of thiazole rings is 1. The predicted molar refractivity (Wildman–Crippen MR) is 96.3 cm³/mol. The zero-order valence-electron chi connectivity index (χ0n) is 14.1. The molecule has 1 spiro atoms. The molecule has 1 aliphatic heterocycles. The molecule has 2 aromatic rings. The van der Waals surface area contributed by atoms with E-state index in [0.717, 1.165) is 42.6 Å². The van der Waals surface area contributed by atoms with Gasteiger partial charge in [-0.15, -0.1) is 11.3 Å². The van der Waals surface area contributed by atoms with Gasteiger partial charge in [0.15, 0.2) is 0 Å². The molecule has 1 aliphatic carbocycles. The minimum Gasteiger partial charge on any atom is -0.458 e. The molecule has 132 valence electrons. The number of amides is 1. The number of hydrogen-bond acceptors (Lipinski definition) is 5. The number of ether oxygens (including phenoxy) is 1. The summed E-state index contributed by atoms with van der Waals surface area (Å²) in [7, 11) is 0. The quantitative estimate of drug-likeness (QED) is 0.852. The molecule has 1 amide bonds. The van der Waals surface area contributed by atoms with Crippen molar-refractivity contribution in [2.45, 2.75) is 50.5 Å². The van der Waals surface area contributed by atoms with E-state index in [0.29, 0.717) is 13.0 Å². The highest BCUT2D eigenvalue weighted by Gasteiger charge is 2.52. The van der Waals surface area contributed by atoms with E-state index in [4.69, 9.17) is 4.74 Å². The van der Waals surface area contributed by atoms with Crippen molar-refractivity contribution in [2.24, 2.45) is 5.92 Å². The van der Waals surface area contributed by atoms with Crippen LogP contribution in [0.5, 0.6) is 0 Å². The summed E-state index contributed by atoms with van der Waals surface area (Å²) < 4.78 is 6.78. The summed E-state index contributed by atoms with van der Waals surface area (Å²) in [5.41, 5.74) is 0.458. The molecule has 0 radical (unpaired) electrons. The van der Waals surface area contributed by atoms with Crippen molar-refractivity contribution in [2.75, 3.05) is 6.54 Å². The first kappa shape index (κ1) is 16.5.